The van der Waals surface area contributed by atoms with Crippen LogP contribution in [0.15, 0.2) is 24.3 Å². The smallest absolute Gasteiger partial charge is 0.321 e. The number of hydrogen-bond acceptors (Lipinski definition) is 4. The number of carbonyl (C=O) groups is 2. The zero-order valence-corrected chi connectivity index (χ0v) is 18.9. The predicted octanol–water partition coefficient (Wildman–Crippen LogP) is 3.28. The largest absolute Gasteiger partial charge is 0.373 e. The first-order valence-corrected chi connectivity index (χ1v) is 11.8. The Hall–Kier alpha value is -2.12. The third-order valence-electron chi connectivity index (χ3n) is 6.67. The number of piperidine rings is 1. The molecule has 31 heavy (non-hydrogen) atoms. The van der Waals surface area contributed by atoms with Crippen molar-refractivity contribution >= 4 is 17.6 Å². The molecule has 2 atom stereocenters. The average Bonchev–Trinajstić information content (AvgIpc) is 3.28. The van der Waals surface area contributed by atoms with Crippen molar-refractivity contribution in [2.24, 2.45) is 5.92 Å². The number of ether oxygens (including phenoxy) is 1. The van der Waals surface area contributed by atoms with E-state index in [1.807, 2.05) is 28.0 Å². The molecule has 3 aliphatic rings. The fraction of sp³-hybridized carbons (Fsp3) is 0.667. The first-order chi connectivity index (χ1) is 15.0. The molecule has 7 heteroatoms. The fourth-order valence-electron chi connectivity index (χ4n) is 5.15. The van der Waals surface area contributed by atoms with Crippen molar-refractivity contribution in [2.75, 3.05) is 51.1 Å². The Labute approximate surface area is 185 Å². The van der Waals surface area contributed by atoms with E-state index in [9.17, 15) is 9.59 Å². The maximum Gasteiger partial charge on any atom is 0.321 e. The SMILES string of the molecule is CC1CN(CC2CCN(C(=O)Nc3cccc(C(=O)N4CCCC4)c3)CC2)CC(C)O1. The molecule has 3 aliphatic heterocycles. The number of benzene rings is 1. The van der Waals surface area contributed by atoms with Crippen LogP contribution < -0.4 is 5.32 Å². The molecule has 0 aliphatic carbocycles. The second kappa shape index (κ2) is 10.0. The highest BCUT2D eigenvalue weighted by atomic mass is 16.5. The van der Waals surface area contributed by atoms with Crippen molar-refractivity contribution in [1.29, 1.82) is 0 Å². The van der Waals surface area contributed by atoms with Gasteiger partial charge < -0.3 is 19.9 Å². The molecule has 1 aromatic carbocycles. The standard InChI is InChI=1S/C24H36N4O3/c1-18-15-26(16-19(2)31-18)17-20-8-12-28(13-9-20)24(30)25-22-7-5-6-21(14-22)23(29)27-10-3-4-11-27/h5-7,14,18-20H,3-4,8-13,15-17H2,1-2H3,(H,25,30). The molecule has 3 fully saturated rings. The molecule has 2 unspecified atom stereocenters. The number of carbonyl (C=O) groups excluding carboxylic acids is 2. The molecule has 170 valence electrons. The summed E-state index contributed by atoms with van der Waals surface area (Å²) in [4.78, 5) is 31.7. The van der Waals surface area contributed by atoms with Gasteiger partial charge in [-0.2, -0.15) is 0 Å². The Balaban J connectivity index is 1.25. The van der Waals surface area contributed by atoms with Gasteiger partial charge in [0, 0.05) is 57.1 Å². The summed E-state index contributed by atoms with van der Waals surface area (Å²) in [6, 6.07) is 7.25. The first-order valence-electron chi connectivity index (χ1n) is 11.8. The van der Waals surface area contributed by atoms with Gasteiger partial charge in [-0.05, 0) is 63.6 Å². The third-order valence-corrected chi connectivity index (χ3v) is 6.67. The number of anilines is 1. The number of likely N-dealkylation sites (tertiary alicyclic amines) is 2. The molecule has 3 saturated heterocycles. The van der Waals surface area contributed by atoms with E-state index in [0.717, 1.165) is 71.5 Å². The first kappa shape index (κ1) is 22.1. The van der Waals surface area contributed by atoms with Gasteiger partial charge in [-0.1, -0.05) is 6.07 Å². The van der Waals surface area contributed by atoms with Crippen LogP contribution in [0.25, 0.3) is 0 Å². The minimum Gasteiger partial charge on any atom is -0.373 e. The minimum atomic E-state index is -0.0714. The van der Waals surface area contributed by atoms with E-state index in [0.29, 0.717) is 29.4 Å². The Morgan fingerprint density at radius 1 is 1.00 bits per heavy atom. The highest BCUT2D eigenvalue weighted by Gasteiger charge is 2.28. The quantitative estimate of drug-likeness (QED) is 0.799. The lowest BCUT2D eigenvalue weighted by atomic mass is 9.96. The molecular weight excluding hydrogens is 392 g/mol. The molecule has 7 nitrogen and oxygen atoms in total. The van der Waals surface area contributed by atoms with Gasteiger partial charge in [-0.25, -0.2) is 4.79 Å². The van der Waals surface area contributed by atoms with Crippen molar-refractivity contribution in [3.63, 3.8) is 0 Å². The van der Waals surface area contributed by atoms with Gasteiger partial charge in [-0.3, -0.25) is 9.69 Å². The maximum atomic E-state index is 12.8. The minimum absolute atomic E-state index is 0.0566. The van der Waals surface area contributed by atoms with Crippen LogP contribution in [0.2, 0.25) is 0 Å². The summed E-state index contributed by atoms with van der Waals surface area (Å²) in [5.41, 5.74) is 1.33. The van der Waals surface area contributed by atoms with Crippen molar-refractivity contribution in [2.45, 2.75) is 51.7 Å². The van der Waals surface area contributed by atoms with Gasteiger partial charge in [0.2, 0.25) is 0 Å². The van der Waals surface area contributed by atoms with Crippen LogP contribution in [0.1, 0.15) is 49.9 Å². The van der Waals surface area contributed by atoms with Gasteiger partial charge in [0.25, 0.3) is 5.91 Å². The summed E-state index contributed by atoms with van der Waals surface area (Å²) >= 11 is 0. The van der Waals surface area contributed by atoms with Crippen molar-refractivity contribution in [3.05, 3.63) is 29.8 Å². The zero-order chi connectivity index (χ0) is 21.8. The van der Waals surface area contributed by atoms with Gasteiger partial charge in [-0.15, -0.1) is 0 Å². The van der Waals surface area contributed by atoms with E-state index in [2.05, 4.69) is 24.1 Å². The number of nitrogens with one attached hydrogen (secondary N) is 1. The Morgan fingerprint density at radius 3 is 2.35 bits per heavy atom. The van der Waals surface area contributed by atoms with Crippen LogP contribution in [-0.2, 0) is 4.74 Å². The van der Waals surface area contributed by atoms with Crippen LogP contribution >= 0.6 is 0 Å². The Bertz CT molecular complexity index is 762. The molecule has 3 heterocycles. The van der Waals surface area contributed by atoms with Crippen LogP contribution in [0.3, 0.4) is 0 Å². The van der Waals surface area contributed by atoms with Crippen LogP contribution in [0.5, 0.6) is 0 Å². The van der Waals surface area contributed by atoms with Gasteiger partial charge in [0.15, 0.2) is 0 Å². The maximum absolute atomic E-state index is 12.8. The number of urea groups is 1. The normalized spacial score (nSPS) is 25.6. The summed E-state index contributed by atoms with van der Waals surface area (Å²) in [6.45, 7) is 10.6. The van der Waals surface area contributed by atoms with Crippen LogP contribution in [-0.4, -0.2) is 84.7 Å². The van der Waals surface area contributed by atoms with E-state index in [1.54, 1.807) is 6.07 Å². The van der Waals surface area contributed by atoms with E-state index >= 15 is 0 Å². The molecule has 0 bridgehead atoms. The summed E-state index contributed by atoms with van der Waals surface area (Å²) in [7, 11) is 0. The van der Waals surface area contributed by atoms with Crippen molar-refractivity contribution < 1.29 is 14.3 Å². The molecule has 4 rings (SSSR count). The van der Waals surface area contributed by atoms with Crippen LogP contribution in [0.4, 0.5) is 10.5 Å². The van der Waals surface area contributed by atoms with E-state index in [4.69, 9.17) is 4.74 Å². The van der Waals surface area contributed by atoms with Crippen molar-refractivity contribution in [1.82, 2.24) is 14.7 Å². The topological polar surface area (TPSA) is 65.1 Å². The molecule has 3 amide bonds. The molecule has 0 spiro atoms. The summed E-state index contributed by atoms with van der Waals surface area (Å²) in [5.74, 6) is 0.684. The second-order valence-corrected chi connectivity index (χ2v) is 9.42. The van der Waals surface area contributed by atoms with Crippen LogP contribution in [0, 0.1) is 5.92 Å². The summed E-state index contributed by atoms with van der Waals surface area (Å²) in [6.07, 6.45) is 4.79. The number of hydrogen-bond donors (Lipinski definition) is 1. The van der Waals surface area contributed by atoms with E-state index in [1.165, 1.54) is 0 Å². The molecule has 0 saturated carbocycles. The average molecular weight is 429 g/mol. The van der Waals surface area contributed by atoms with Gasteiger partial charge in [0.05, 0.1) is 12.2 Å². The molecule has 0 aromatic heterocycles. The highest BCUT2D eigenvalue weighted by molar-refractivity contribution is 5.97. The number of nitrogens with zero attached hydrogens (tertiary/aromatic N) is 3. The molecule has 1 aromatic rings. The predicted molar refractivity (Wildman–Crippen MR) is 121 cm³/mol. The number of amides is 3. The highest BCUT2D eigenvalue weighted by Crippen LogP contribution is 2.22. The third kappa shape index (κ3) is 5.77. The summed E-state index contributed by atoms with van der Waals surface area (Å²) < 4.78 is 5.84. The molecular formula is C24H36N4O3. The van der Waals surface area contributed by atoms with E-state index in [-0.39, 0.29) is 11.9 Å². The zero-order valence-electron chi connectivity index (χ0n) is 18.9. The van der Waals surface area contributed by atoms with Gasteiger partial charge in [0.1, 0.15) is 0 Å². The lowest BCUT2D eigenvalue weighted by Gasteiger charge is -2.39. The lowest BCUT2D eigenvalue weighted by molar-refractivity contribution is -0.0728. The molecule has 0 radical (unpaired) electrons. The second-order valence-electron chi connectivity index (χ2n) is 9.42. The van der Waals surface area contributed by atoms with E-state index < -0.39 is 0 Å². The number of rotatable bonds is 4. The van der Waals surface area contributed by atoms with Gasteiger partial charge >= 0.3 is 6.03 Å². The summed E-state index contributed by atoms with van der Waals surface area (Å²) in [5, 5.41) is 2.99. The Morgan fingerprint density at radius 2 is 1.68 bits per heavy atom. The molecule has 1 N–H and O–H groups in total. The van der Waals surface area contributed by atoms with Crippen molar-refractivity contribution in [3.8, 4) is 0 Å². The monoisotopic (exact) mass is 428 g/mol. The number of morpholine rings is 1. The Kier molecular flexibility index (Phi) is 7.13. The lowest BCUT2D eigenvalue weighted by Crippen LogP contribution is -2.49. The fourth-order valence-corrected chi connectivity index (χ4v) is 5.15.